The smallest absolute Gasteiger partial charge is 0.226 e. The Hall–Kier alpha value is -2.60. The number of aromatic nitrogens is 2. The number of phenols is 1. The maximum atomic E-state index is 12.2. The number of halogens is 1. The van der Waals surface area contributed by atoms with Crippen molar-refractivity contribution in [2.75, 3.05) is 5.32 Å². The predicted octanol–water partition coefficient (Wildman–Crippen LogP) is 3.81. The zero-order valence-corrected chi connectivity index (χ0v) is 14.2. The van der Waals surface area contributed by atoms with Gasteiger partial charge in [-0.25, -0.2) is 4.98 Å². The van der Waals surface area contributed by atoms with Gasteiger partial charge in [-0.15, -0.1) is 0 Å². The van der Waals surface area contributed by atoms with Crippen LogP contribution < -0.4 is 5.32 Å². The zero-order valence-electron chi connectivity index (χ0n) is 12.6. The lowest BCUT2D eigenvalue weighted by Gasteiger charge is -2.23. The highest BCUT2D eigenvalue weighted by Gasteiger charge is 2.31. The van der Waals surface area contributed by atoms with Gasteiger partial charge >= 0.3 is 0 Å². The molecule has 1 amide bonds. The van der Waals surface area contributed by atoms with E-state index in [4.69, 9.17) is 0 Å². The Labute approximate surface area is 147 Å². The number of nitrogens with one attached hydrogen (secondary N) is 1. The molecule has 0 fully saturated rings. The minimum Gasteiger partial charge on any atom is -0.508 e. The molecule has 2 heterocycles. The minimum absolute atomic E-state index is 0.0469. The van der Waals surface area contributed by atoms with Crippen molar-refractivity contribution in [1.82, 2.24) is 9.55 Å². The Balaban J connectivity index is 1.83. The lowest BCUT2D eigenvalue weighted by molar-refractivity contribution is -0.116. The SMILES string of the molecule is O=C1C[C@@H](c2ccc(O)cc2)c2ncn(-c3ccccc3Br)c2N1. The van der Waals surface area contributed by atoms with Crippen LogP contribution in [0.2, 0.25) is 0 Å². The van der Waals surface area contributed by atoms with E-state index in [9.17, 15) is 9.90 Å². The van der Waals surface area contributed by atoms with Crippen molar-refractivity contribution >= 4 is 27.7 Å². The van der Waals surface area contributed by atoms with Gasteiger partial charge in [-0.3, -0.25) is 9.36 Å². The molecule has 3 aromatic rings. The highest BCUT2D eigenvalue weighted by atomic mass is 79.9. The Morgan fingerprint density at radius 2 is 1.92 bits per heavy atom. The molecule has 0 spiro atoms. The second-order valence-corrected chi connectivity index (χ2v) is 6.55. The van der Waals surface area contributed by atoms with Gasteiger partial charge in [0, 0.05) is 16.8 Å². The number of nitrogens with zero attached hydrogens (tertiary/aromatic N) is 2. The molecule has 24 heavy (non-hydrogen) atoms. The molecule has 0 unspecified atom stereocenters. The summed E-state index contributed by atoms with van der Waals surface area (Å²) in [7, 11) is 0. The molecule has 0 saturated heterocycles. The van der Waals surface area contributed by atoms with Crippen LogP contribution in [-0.2, 0) is 4.79 Å². The average Bonchev–Trinajstić information content (AvgIpc) is 2.99. The number of amides is 1. The second-order valence-electron chi connectivity index (χ2n) is 5.70. The van der Waals surface area contributed by atoms with Crippen molar-refractivity contribution in [2.45, 2.75) is 12.3 Å². The molecule has 2 N–H and O–H groups in total. The minimum atomic E-state index is -0.127. The molecule has 0 aliphatic carbocycles. The third-order valence-electron chi connectivity index (χ3n) is 4.18. The van der Waals surface area contributed by atoms with Crippen molar-refractivity contribution in [1.29, 1.82) is 0 Å². The Kier molecular flexibility index (Phi) is 3.61. The third kappa shape index (κ3) is 2.49. The zero-order chi connectivity index (χ0) is 16.7. The number of fused-ring (bicyclic) bond motifs is 1. The standard InChI is InChI=1S/C18H14BrN3O2/c19-14-3-1-2-4-15(14)22-10-20-17-13(9-16(24)21-18(17)22)11-5-7-12(23)8-6-11/h1-8,10,13,23H,9H2,(H,21,24)/t13-/m0/s1. The van der Waals surface area contributed by atoms with Crippen molar-refractivity contribution in [3.63, 3.8) is 0 Å². The maximum Gasteiger partial charge on any atom is 0.226 e. The predicted molar refractivity (Wildman–Crippen MR) is 94.5 cm³/mol. The van der Waals surface area contributed by atoms with E-state index in [1.807, 2.05) is 41.0 Å². The van der Waals surface area contributed by atoms with Crippen molar-refractivity contribution in [2.24, 2.45) is 0 Å². The largest absolute Gasteiger partial charge is 0.508 e. The van der Waals surface area contributed by atoms with Crippen LogP contribution in [0.3, 0.4) is 0 Å². The van der Waals surface area contributed by atoms with Gasteiger partial charge in [0.25, 0.3) is 0 Å². The summed E-state index contributed by atoms with van der Waals surface area (Å²) >= 11 is 3.54. The first-order valence-corrected chi connectivity index (χ1v) is 8.33. The van der Waals surface area contributed by atoms with E-state index >= 15 is 0 Å². The van der Waals surface area contributed by atoms with E-state index < -0.39 is 0 Å². The van der Waals surface area contributed by atoms with Crippen molar-refractivity contribution < 1.29 is 9.90 Å². The van der Waals surface area contributed by atoms with Crippen LogP contribution in [-0.4, -0.2) is 20.6 Å². The van der Waals surface area contributed by atoms with Gasteiger partial charge in [0.05, 0.1) is 11.4 Å². The van der Waals surface area contributed by atoms with E-state index in [1.165, 1.54) is 0 Å². The van der Waals surface area contributed by atoms with E-state index in [-0.39, 0.29) is 17.6 Å². The molecule has 1 atom stereocenters. The maximum absolute atomic E-state index is 12.2. The lowest BCUT2D eigenvalue weighted by atomic mass is 9.90. The fourth-order valence-electron chi connectivity index (χ4n) is 3.02. The topological polar surface area (TPSA) is 67.1 Å². The van der Waals surface area contributed by atoms with E-state index in [0.29, 0.717) is 12.2 Å². The van der Waals surface area contributed by atoms with Crippen LogP contribution in [0.1, 0.15) is 23.6 Å². The van der Waals surface area contributed by atoms with Gasteiger partial charge in [-0.2, -0.15) is 0 Å². The summed E-state index contributed by atoms with van der Waals surface area (Å²) in [5, 5.41) is 12.4. The van der Waals surface area contributed by atoms with E-state index in [0.717, 1.165) is 21.4 Å². The first-order valence-electron chi connectivity index (χ1n) is 7.54. The van der Waals surface area contributed by atoms with Crippen LogP contribution in [0.4, 0.5) is 5.82 Å². The van der Waals surface area contributed by atoms with Crippen LogP contribution in [0.5, 0.6) is 5.75 Å². The van der Waals surface area contributed by atoms with Crippen molar-refractivity contribution in [3.8, 4) is 11.4 Å². The first-order chi connectivity index (χ1) is 11.6. The number of rotatable bonds is 2. The number of aromatic hydroxyl groups is 1. The van der Waals surface area contributed by atoms with Crippen molar-refractivity contribution in [3.05, 3.63) is 70.6 Å². The van der Waals surface area contributed by atoms with Crippen LogP contribution >= 0.6 is 15.9 Å². The summed E-state index contributed by atoms with van der Waals surface area (Å²) in [4.78, 5) is 16.8. The number of para-hydroxylation sites is 1. The van der Waals surface area contributed by atoms with Gasteiger partial charge in [0.1, 0.15) is 17.9 Å². The summed E-state index contributed by atoms with van der Waals surface area (Å²) in [6.45, 7) is 0. The fraction of sp³-hybridized carbons (Fsp3) is 0.111. The van der Waals surface area contributed by atoms with E-state index in [1.54, 1.807) is 18.5 Å². The highest BCUT2D eigenvalue weighted by molar-refractivity contribution is 9.10. The molecule has 0 bridgehead atoms. The number of anilines is 1. The molecule has 5 nitrogen and oxygen atoms in total. The summed E-state index contributed by atoms with van der Waals surface area (Å²) in [5.41, 5.74) is 2.70. The van der Waals surface area contributed by atoms with Crippen LogP contribution in [0.15, 0.2) is 59.3 Å². The Morgan fingerprint density at radius 3 is 2.67 bits per heavy atom. The average molecular weight is 384 g/mol. The molecular weight excluding hydrogens is 370 g/mol. The molecule has 0 radical (unpaired) electrons. The Morgan fingerprint density at radius 1 is 1.17 bits per heavy atom. The second kappa shape index (κ2) is 5.79. The number of phenolic OH excluding ortho intramolecular Hbond substituents is 1. The molecule has 1 aromatic heterocycles. The normalized spacial score (nSPS) is 16.5. The van der Waals surface area contributed by atoms with Crippen LogP contribution in [0, 0.1) is 0 Å². The first kappa shape index (κ1) is 15.0. The molecule has 1 aliphatic heterocycles. The molecule has 1 aliphatic rings. The Bertz CT molecular complexity index is 918. The summed E-state index contributed by atoms with van der Waals surface area (Å²) in [5.74, 6) is 0.724. The molecule has 0 saturated carbocycles. The summed E-state index contributed by atoms with van der Waals surface area (Å²) in [6, 6.07) is 14.7. The molecule has 4 rings (SSSR count). The molecule has 2 aromatic carbocycles. The third-order valence-corrected chi connectivity index (χ3v) is 4.85. The number of carbonyl (C=O) groups excluding carboxylic acids is 1. The number of carbonyl (C=O) groups is 1. The van der Waals surface area contributed by atoms with E-state index in [2.05, 4.69) is 26.2 Å². The summed E-state index contributed by atoms with van der Waals surface area (Å²) < 4.78 is 2.80. The highest BCUT2D eigenvalue weighted by Crippen LogP contribution is 2.38. The molecular formula is C18H14BrN3O2. The van der Waals surface area contributed by atoms with Gasteiger partial charge in [0.2, 0.25) is 5.91 Å². The summed E-state index contributed by atoms with van der Waals surface area (Å²) in [6.07, 6.45) is 2.06. The van der Waals surface area contributed by atoms with Gasteiger partial charge < -0.3 is 10.4 Å². The lowest BCUT2D eigenvalue weighted by Crippen LogP contribution is -2.24. The number of hydrogen-bond acceptors (Lipinski definition) is 3. The number of imidazole rings is 1. The molecule has 120 valence electrons. The van der Waals surface area contributed by atoms with Gasteiger partial charge in [-0.05, 0) is 45.8 Å². The molecule has 6 heteroatoms. The fourth-order valence-corrected chi connectivity index (χ4v) is 3.49. The van der Waals surface area contributed by atoms with Gasteiger partial charge in [0.15, 0.2) is 0 Å². The van der Waals surface area contributed by atoms with Gasteiger partial charge in [-0.1, -0.05) is 24.3 Å². The quantitative estimate of drug-likeness (QED) is 0.706. The van der Waals surface area contributed by atoms with Crippen LogP contribution in [0.25, 0.3) is 5.69 Å². The monoisotopic (exact) mass is 383 g/mol. The number of hydrogen-bond donors (Lipinski definition) is 2. The number of benzene rings is 2.